The first kappa shape index (κ1) is 17.3. The molecule has 0 aliphatic rings. The van der Waals surface area contributed by atoms with Gasteiger partial charge in [0.25, 0.3) is 0 Å². The number of rotatable bonds is 9. The number of benzene rings is 1. The smallest absolute Gasteiger partial charge is 0.124 e. The molecule has 20 heavy (non-hydrogen) atoms. The highest BCUT2D eigenvalue weighted by Gasteiger charge is 2.17. The van der Waals surface area contributed by atoms with E-state index in [2.05, 4.69) is 26.1 Å². The van der Waals surface area contributed by atoms with Gasteiger partial charge in [0.1, 0.15) is 5.75 Å². The molecule has 114 valence electrons. The Morgan fingerprint density at radius 3 is 2.65 bits per heavy atom. The van der Waals surface area contributed by atoms with Gasteiger partial charge in [-0.2, -0.15) is 0 Å². The number of hydrogen-bond donors (Lipinski definition) is 1. The summed E-state index contributed by atoms with van der Waals surface area (Å²) in [5, 5.41) is 4.28. The van der Waals surface area contributed by atoms with Crippen LogP contribution in [0.15, 0.2) is 18.2 Å². The lowest BCUT2D eigenvalue weighted by atomic mass is 9.87. The molecule has 0 saturated heterocycles. The van der Waals surface area contributed by atoms with Crippen LogP contribution >= 0.6 is 11.6 Å². The van der Waals surface area contributed by atoms with Crippen molar-refractivity contribution in [1.29, 1.82) is 0 Å². The molecular formula is C17H28ClNO. The van der Waals surface area contributed by atoms with Crippen molar-refractivity contribution in [2.45, 2.75) is 53.0 Å². The summed E-state index contributed by atoms with van der Waals surface area (Å²) in [6.07, 6.45) is 5.16. The van der Waals surface area contributed by atoms with Crippen LogP contribution in [0.5, 0.6) is 5.75 Å². The summed E-state index contributed by atoms with van der Waals surface area (Å²) in [6.45, 7) is 8.62. The molecule has 1 aromatic carbocycles. The van der Waals surface area contributed by atoms with Gasteiger partial charge < -0.3 is 10.1 Å². The maximum Gasteiger partial charge on any atom is 0.124 e. The molecule has 0 heterocycles. The predicted octanol–water partition coefficient (Wildman–Crippen LogP) is 5.04. The molecule has 1 rings (SSSR count). The van der Waals surface area contributed by atoms with Gasteiger partial charge in [-0.1, -0.05) is 57.7 Å². The van der Waals surface area contributed by atoms with Gasteiger partial charge in [0, 0.05) is 23.7 Å². The molecular weight excluding hydrogens is 270 g/mol. The van der Waals surface area contributed by atoms with Gasteiger partial charge in [0.2, 0.25) is 0 Å². The van der Waals surface area contributed by atoms with Crippen LogP contribution in [0.2, 0.25) is 5.02 Å². The highest BCUT2D eigenvalue weighted by atomic mass is 35.5. The molecule has 0 aliphatic carbocycles. The average Bonchev–Trinajstić information content (AvgIpc) is 2.40. The Labute approximate surface area is 128 Å². The highest BCUT2D eigenvalue weighted by Crippen LogP contribution is 2.27. The van der Waals surface area contributed by atoms with E-state index in [0.717, 1.165) is 29.4 Å². The first-order valence-electron chi connectivity index (χ1n) is 7.52. The molecule has 0 aromatic heterocycles. The second-order valence-corrected chi connectivity index (χ2v) is 6.55. The number of unbranched alkanes of at least 4 members (excludes halogenated alkanes) is 2. The van der Waals surface area contributed by atoms with Crippen molar-refractivity contribution >= 4 is 11.6 Å². The normalized spacial score (nSPS) is 11.7. The fourth-order valence-electron chi connectivity index (χ4n) is 2.37. The lowest BCUT2D eigenvalue weighted by molar-refractivity contribution is 0.301. The quantitative estimate of drug-likeness (QED) is 0.644. The maximum atomic E-state index is 6.24. The number of halogens is 1. The van der Waals surface area contributed by atoms with Crippen molar-refractivity contribution < 1.29 is 4.74 Å². The minimum atomic E-state index is 0.323. The van der Waals surface area contributed by atoms with E-state index in [1.54, 1.807) is 7.11 Å². The zero-order chi connectivity index (χ0) is 15.0. The molecule has 0 unspecified atom stereocenters. The topological polar surface area (TPSA) is 21.3 Å². The van der Waals surface area contributed by atoms with E-state index < -0.39 is 0 Å². The van der Waals surface area contributed by atoms with E-state index in [1.807, 2.05) is 18.2 Å². The summed E-state index contributed by atoms with van der Waals surface area (Å²) >= 11 is 6.24. The molecule has 1 aromatic rings. The number of nitrogens with one attached hydrogen (secondary N) is 1. The fourth-order valence-corrected chi connectivity index (χ4v) is 2.60. The van der Waals surface area contributed by atoms with Crippen molar-refractivity contribution in [1.82, 2.24) is 5.32 Å². The van der Waals surface area contributed by atoms with Gasteiger partial charge in [0.15, 0.2) is 0 Å². The van der Waals surface area contributed by atoms with Crippen LogP contribution in [0, 0.1) is 5.41 Å². The Hall–Kier alpha value is -0.730. The first-order valence-corrected chi connectivity index (χ1v) is 7.90. The summed E-state index contributed by atoms with van der Waals surface area (Å²) in [5.41, 5.74) is 1.37. The van der Waals surface area contributed by atoms with Crippen LogP contribution in [0.4, 0.5) is 0 Å². The van der Waals surface area contributed by atoms with E-state index in [-0.39, 0.29) is 0 Å². The molecule has 0 saturated carbocycles. The van der Waals surface area contributed by atoms with Crippen molar-refractivity contribution in [3.63, 3.8) is 0 Å². The Morgan fingerprint density at radius 2 is 2.00 bits per heavy atom. The van der Waals surface area contributed by atoms with E-state index in [1.165, 1.54) is 25.7 Å². The summed E-state index contributed by atoms with van der Waals surface area (Å²) in [7, 11) is 1.68. The summed E-state index contributed by atoms with van der Waals surface area (Å²) < 4.78 is 5.36. The lowest BCUT2D eigenvalue weighted by Crippen LogP contribution is -2.29. The van der Waals surface area contributed by atoms with Crippen LogP contribution in [-0.4, -0.2) is 13.7 Å². The Balaban J connectivity index is 2.47. The van der Waals surface area contributed by atoms with Crippen LogP contribution < -0.4 is 10.1 Å². The monoisotopic (exact) mass is 297 g/mol. The molecule has 0 atom stereocenters. The Bertz CT molecular complexity index is 404. The number of hydrogen-bond acceptors (Lipinski definition) is 2. The van der Waals surface area contributed by atoms with Gasteiger partial charge in [-0.3, -0.25) is 0 Å². The third-order valence-electron chi connectivity index (χ3n) is 3.66. The van der Waals surface area contributed by atoms with Crippen LogP contribution in [0.25, 0.3) is 0 Å². The molecule has 0 aliphatic heterocycles. The summed E-state index contributed by atoms with van der Waals surface area (Å²) in [4.78, 5) is 0. The first-order chi connectivity index (χ1) is 9.50. The number of methoxy groups -OCH3 is 1. The van der Waals surface area contributed by atoms with Crippen LogP contribution in [0.3, 0.4) is 0 Å². The molecule has 0 radical (unpaired) electrons. The Kier molecular flexibility index (Phi) is 7.39. The SMILES string of the molecule is CCCCCC(C)(C)CNCc1c(Cl)cccc1OC. The van der Waals surface area contributed by atoms with Gasteiger partial charge in [0.05, 0.1) is 7.11 Å². The lowest BCUT2D eigenvalue weighted by Gasteiger charge is -2.25. The van der Waals surface area contributed by atoms with Gasteiger partial charge in [-0.25, -0.2) is 0 Å². The van der Waals surface area contributed by atoms with Crippen molar-refractivity contribution in [3.8, 4) is 5.75 Å². The van der Waals surface area contributed by atoms with E-state index in [4.69, 9.17) is 16.3 Å². The fraction of sp³-hybridized carbons (Fsp3) is 0.647. The van der Waals surface area contributed by atoms with Crippen molar-refractivity contribution in [2.75, 3.05) is 13.7 Å². The van der Waals surface area contributed by atoms with E-state index >= 15 is 0 Å². The van der Waals surface area contributed by atoms with Crippen LogP contribution in [0.1, 0.15) is 52.0 Å². The second kappa shape index (κ2) is 8.53. The molecule has 0 spiro atoms. The van der Waals surface area contributed by atoms with Gasteiger partial charge >= 0.3 is 0 Å². The molecule has 1 N–H and O–H groups in total. The summed E-state index contributed by atoms with van der Waals surface area (Å²) in [5.74, 6) is 0.855. The van der Waals surface area contributed by atoms with Crippen molar-refractivity contribution in [2.24, 2.45) is 5.41 Å². The third-order valence-corrected chi connectivity index (χ3v) is 4.01. The second-order valence-electron chi connectivity index (χ2n) is 6.15. The van der Waals surface area contributed by atoms with Gasteiger partial charge in [-0.05, 0) is 24.0 Å². The zero-order valence-corrected chi connectivity index (χ0v) is 14.0. The largest absolute Gasteiger partial charge is 0.496 e. The maximum absolute atomic E-state index is 6.24. The third kappa shape index (κ3) is 5.72. The molecule has 3 heteroatoms. The van der Waals surface area contributed by atoms with E-state index in [0.29, 0.717) is 5.41 Å². The predicted molar refractivity (Wildman–Crippen MR) is 87.6 cm³/mol. The van der Waals surface area contributed by atoms with Gasteiger partial charge in [-0.15, -0.1) is 0 Å². The van der Waals surface area contributed by atoms with E-state index in [9.17, 15) is 0 Å². The Morgan fingerprint density at radius 1 is 1.25 bits per heavy atom. The van der Waals surface area contributed by atoms with Crippen LogP contribution in [-0.2, 0) is 6.54 Å². The van der Waals surface area contributed by atoms with Crippen molar-refractivity contribution in [3.05, 3.63) is 28.8 Å². The molecule has 2 nitrogen and oxygen atoms in total. The minimum absolute atomic E-state index is 0.323. The molecule has 0 amide bonds. The number of ether oxygens (including phenoxy) is 1. The summed E-state index contributed by atoms with van der Waals surface area (Å²) in [6, 6.07) is 5.78. The molecule has 0 fully saturated rings. The standard InChI is InChI=1S/C17H28ClNO/c1-5-6-7-11-17(2,3)13-19-12-14-15(18)9-8-10-16(14)20-4/h8-10,19H,5-7,11-13H2,1-4H3. The highest BCUT2D eigenvalue weighted by molar-refractivity contribution is 6.31. The average molecular weight is 298 g/mol. The molecule has 0 bridgehead atoms. The zero-order valence-electron chi connectivity index (χ0n) is 13.3. The minimum Gasteiger partial charge on any atom is -0.496 e.